The first-order valence-corrected chi connectivity index (χ1v) is 8.46. The summed E-state index contributed by atoms with van der Waals surface area (Å²) in [4.78, 5) is 14.2. The normalized spacial score (nSPS) is 11.0. The summed E-state index contributed by atoms with van der Waals surface area (Å²) >= 11 is 1.75. The molecule has 0 saturated carbocycles. The summed E-state index contributed by atoms with van der Waals surface area (Å²) in [6, 6.07) is 22.2. The summed E-state index contributed by atoms with van der Waals surface area (Å²) in [5.74, 6) is 0. The van der Waals surface area contributed by atoms with Crippen molar-refractivity contribution in [1.82, 2.24) is 14.2 Å². The number of fused-ring (bicyclic) bond motifs is 1. The molecule has 4 nitrogen and oxygen atoms in total. The second-order valence-electron chi connectivity index (χ2n) is 5.44. The summed E-state index contributed by atoms with van der Waals surface area (Å²) in [6.45, 7) is 0.700. The van der Waals surface area contributed by atoms with E-state index in [1.54, 1.807) is 24.0 Å². The number of rotatable bonds is 4. The van der Waals surface area contributed by atoms with Crippen LogP contribution in [0.4, 0.5) is 0 Å². The van der Waals surface area contributed by atoms with E-state index in [4.69, 9.17) is 0 Å². The molecule has 0 N–H and O–H groups in total. The highest BCUT2D eigenvalue weighted by Crippen LogP contribution is 2.27. The van der Waals surface area contributed by atoms with Crippen LogP contribution in [-0.2, 0) is 6.54 Å². The van der Waals surface area contributed by atoms with Gasteiger partial charge >= 0.3 is 0 Å². The highest BCUT2D eigenvalue weighted by molar-refractivity contribution is 7.99. The number of hydrogen-bond acceptors (Lipinski definition) is 3. The van der Waals surface area contributed by atoms with Gasteiger partial charge in [0.25, 0.3) is 5.56 Å². The molecule has 0 aliphatic rings. The van der Waals surface area contributed by atoms with Crippen molar-refractivity contribution in [3.8, 4) is 0 Å². The third-order valence-corrected chi connectivity index (χ3v) is 4.79. The van der Waals surface area contributed by atoms with E-state index >= 15 is 0 Å². The maximum atomic E-state index is 11.7. The molecular weight excluding hydrogens is 318 g/mol. The Kier molecular flexibility index (Phi) is 3.92. The van der Waals surface area contributed by atoms with Crippen molar-refractivity contribution in [1.29, 1.82) is 0 Å². The van der Waals surface area contributed by atoms with Gasteiger partial charge < -0.3 is 4.57 Å². The van der Waals surface area contributed by atoms with Gasteiger partial charge in [-0.05, 0) is 29.8 Å². The molecule has 0 fully saturated rings. The number of hydrogen-bond donors (Lipinski definition) is 0. The largest absolute Gasteiger partial charge is 0.328 e. The molecule has 24 heavy (non-hydrogen) atoms. The van der Waals surface area contributed by atoms with Crippen molar-refractivity contribution >= 4 is 17.4 Å². The molecule has 0 unspecified atom stereocenters. The first-order valence-electron chi connectivity index (χ1n) is 7.65. The highest BCUT2D eigenvalue weighted by Gasteiger charge is 2.04. The van der Waals surface area contributed by atoms with Crippen molar-refractivity contribution in [2.24, 2.45) is 0 Å². The van der Waals surface area contributed by atoms with Gasteiger partial charge in [0.15, 0.2) is 0 Å². The van der Waals surface area contributed by atoms with Crippen LogP contribution in [0.5, 0.6) is 0 Å². The van der Waals surface area contributed by atoms with E-state index in [9.17, 15) is 4.79 Å². The number of nitrogens with zero attached hydrogens (tertiary/aromatic N) is 3. The molecule has 2 aromatic heterocycles. The Morgan fingerprint density at radius 3 is 2.42 bits per heavy atom. The molecule has 4 aromatic rings. The quantitative estimate of drug-likeness (QED) is 0.572. The van der Waals surface area contributed by atoms with E-state index in [2.05, 4.69) is 41.5 Å². The van der Waals surface area contributed by atoms with Gasteiger partial charge in [0, 0.05) is 34.7 Å². The molecule has 0 amide bonds. The van der Waals surface area contributed by atoms with Crippen LogP contribution < -0.4 is 5.56 Å². The molecule has 2 aromatic carbocycles. The van der Waals surface area contributed by atoms with Gasteiger partial charge in [0.2, 0.25) is 0 Å². The van der Waals surface area contributed by atoms with Crippen LogP contribution in [0.3, 0.4) is 0 Å². The van der Waals surface area contributed by atoms with Crippen LogP contribution >= 0.6 is 11.8 Å². The summed E-state index contributed by atoms with van der Waals surface area (Å²) in [5.41, 5.74) is 1.87. The van der Waals surface area contributed by atoms with Gasteiger partial charge in [-0.25, -0.2) is 0 Å². The Bertz CT molecular complexity index is 1020. The monoisotopic (exact) mass is 333 g/mol. The Balaban J connectivity index is 1.56. The van der Waals surface area contributed by atoms with Gasteiger partial charge in [-0.3, -0.25) is 4.79 Å². The standard InChI is InChI=1S/C19H15N3OS/c23-19-11-13-21(18-10-12-20-22(18)19)14-15-6-8-17(9-7-15)24-16-4-2-1-3-5-16/h1-13H,14H2. The molecule has 5 heteroatoms. The lowest BCUT2D eigenvalue weighted by atomic mass is 10.2. The molecular formula is C19H15N3OS. The zero-order valence-electron chi connectivity index (χ0n) is 12.9. The molecule has 0 saturated heterocycles. The molecule has 4 rings (SSSR count). The summed E-state index contributed by atoms with van der Waals surface area (Å²) in [7, 11) is 0. The number of aromatic nitrogens is 3. The second kappa shape index (κ2) is 6.37. The topological polar surface area (TPSA) is 39.3 Å². The maximum Gasteiger partial charge on any atom is 0.274 e. The first kappa shape index (κ1) is 14.8. The fourth-order valence-corrected chi connectivity index (χ4v) is 3.44. The fourth-order valence-electron chi connectivity index (χ4n) is 2.60. The Morgan fingerprint density at radius 1 is 0.875 bits per heavy atom. The van der Waals surface area contributed by atoms with E-state index in [1.807, 2.05) is 35.0 Å². The Morgan fingerprint density at radius 2 is 1.62 bits per heavy atom. The predicted octanol–water partition coefficient (Wildman–Crippen LogP) is 3.70. The lowest BCUT2D eigenvalue weighted by Gasteiger charge is -2.09. The van der Waals surface area contributed by atoms with Gasteiger partial charge in [0.1, 0.15) is 5.65 Å². The summed E-state index contributed by atoms with van der Waals surface area (Å²) in [6.07, 6.45) is 3.46. The average Bonchev–Trinajstić information content (AvgIpc) is 3.11. The van der Waals surface area contributed by atoms with Gasteiger partial charge in [-0.1, -0.05) is 42.1 Å². The van der Waals surface area contributed by atoms with Crippen LogP contribution in [-0.4, -0.2) is 14.2 Å². The minimum absolute atomic E-state index is 0.110. The lowest BCUT2D eigenvalue weighted by Crippen LogP contribution is -2.17. The zero-order valence-corrected chi connectivity index (χ0v) is 13.7. The third-order valence-electron chi connectivity index (χ3n) is 3.78. The molecule has 0 spiro atoms. The van der Waals surface area contributed by atoms with Crippen molar-refractivity contribution in [3.63, 3.8) is 0 Å². The maximum absolute atomic E-state index is 11.7. The van der Waals surface area contributed by atoms with Crippen LogP contribution in [0.1, 0.15) is 5.56 Å². The first-order chi connectivity index (χ1) is 11.8. The predicted molar refractivity (Wildman–Crippen MR) is 95.6 cm³/mol. The smallest absolute Gasteiger partial charge is 0.274 e. The van der Waals surface area contributed by atoms with E-state index in [0.29, 0.717) is 6.54 Å². The lowest BCUT2D eigenvalue weighted by molar-refractivity contribution is 0.763. The van der Waals surface area contributed by atoms with Gasteiger partial charge in [-0.15, -0.1) is 0 Å². The molecule has 0 aliphatic heterocycles. The zero-order chi connectivity index (χ0) is 16.4. The number of benzene rings is 2. The van der Waals surface area contributed by atoms with Crippen molar-refractivity contribution in [3.05, 3.63) is 95.0 Å². The van der Waals surface area contributed by atoms with Crippen LogP contribution in [0.25, 0.3) is 5.65 Å². The average molecular weight is 333 g/mol. The third kappa shape index (κ3) is 2.98. The molecule has 2 heterocycles. The van der Waals surface area contributed by atoms with Crippen molar-refractivity contribution in [2.75, 3.05) is 0 Å². The minimum atomic E-state index is -0.110. The van der Waals surface area contributed by atoms with Crippen molar-refractivity contribution < 1.29 is 0 Å². The van der Waals surface area contributed by atoms with Crippen LogP contribution in [0, 0.1) is 0 Å². The summed E-state index contributed by atoms with van der Waals surface area (Å²) in [5, 5.41) is 4.06. The van der Waals surface area contributed by atoms with Gasteiger partial charge in [0.05, 0.1) is 6.20 Å². The highest BCUT2D eigenvalue weighted by atomic mass is 32.2. The molecule has 0 atom stereocenters. The van der Waals surface area contributed by atoms with E-state index in [0.717, 1.165) is 5.65 Å². The van der Waals surface area contributed by atoms with Crippen LogP contribution in [0.15, 0.2) is 93.7 Å². The molecule has 0 radical (unpaired) electrons. The second-order valence-corrected chi connectivity index (χ2v) is 6.59. The molecule has 118 valence electrons. The van der Waals surface area contributed by atoms with Gasteiger partial charge in [-0.2, -0.15) is 9.61 Å². The fraction of sp³-hybridized carbons (Fsp3) is 0.0526. The van der Waals surface area contributed by atoms with E-state index in [1.165, 1.54) is 19.9 Å². The Hall–Kier alpha value is -2.79. The SMILES string of the molecule is O=c1ccn(Cc2ccc(Sc3ccccc3)cc2)c2ccnn12. The van der Waals surface area contributed by atoms with E-state index < -0.39 is 0 Å². The van der Waals surface area contributed by atoms with E-state index in [-0.39, 0.29) is 5.56 Å². The molecule has 0 bridgehead atoms. The minimum Gasteiger partial charge on any atom is -0.328 e. The van der Waals surface area contributed by atoms with Crippen molar-refractivity contribution in [2.45, 2.75) is 16.3 Å². The summed E-state index contributed by atoms with van der Waals surface area (Å²) < 4.78 is 3.44. The van der Waals surface area contributed by atoms with Crippen LogP contribution in [0.2, 0.25) is 0 Å². The Labute approximate surface area is 143 Å². The molecule has 0 aliphatic carbocycles.